The topological polar surface area (TPSA) is 144 Å². The number of pyridine rings is 1. The highest BCUT2D eigenvalue weighted by Crippen LogP contribution is 2.27. The highest BCUT2D eigenvalue weighted by Gasteiger charge is 2.06. The predicted octanol–water partition coefficient (Wildman–Crippen LogP) is 5.13. The van der Waals surface area contributed by atoms with E-state index < -0.39 is 5.82 Å². The molecule has 0 unspecified atom stereocenters. The van der Waals surface area contributed by atoms with Crippen LogP contribution in [0.15, 0.2) is 67.0 Å². The fourth-order valence-corrected chi connectivity index (χ4v) is 2.64. The Labute approximate surface area is 201 Å². The van der Waals surface area contributed by atoms with Crippen molar-refractivity contribution >= 4 is 24.6 Å². The Morgan fingerprint density at radius 2 is 1.57 bits per heavy atom. The van der Waals surface area contributed by atoms with Crippen LogP contribution in [-0.2, 0) is 9.59 Å². The Morgan fingerprint density at radius 1 is 0.914 bits per heavy atom. The van der Waals surface area contributed by atoms with Crippen LogP contribution < -0.4 is 16.2 Å². The minimum Gasteiger partial charge on any atom is -0.483 e. The summed E-state index contributed by atoms with van der Waals surface area (Å²) in [4.78, 5) is 23.8. The Kier molecular flexibility index (Phi) is 11.7. The number of ether oxygens (including phenoxy) is 1. The number of aromatic nitrogens is 2. The smallest absolute Gasteiger partial charge is 0.290 e. The third-order valence-corrected chi connectivity index (χ3v) is 4.19. The minimum absolute atomic E-state index is 0.0969. The first kappa shape index (κ1) is 28.3. The Bertz CT molecular complexity index is 1230. The van der Waals surface area contributed by atoms with E-state index in [0.29, 0.717) is 11.5 Å². The van der Waals surface area contributed by atoms with Crippen LogP contribution >= 0.6 is 0 Å². The van der Waals surface area contributed by atoms with Gasteiger partial charge in [0.05, 0.1) is 22.8 Å². The van der Waals surface area contributed by atoms with Crippen LogP contribution in [0.1, 0.15) is 11.1 Å². The maximum atomic E-state index is 13.4. The van der Waals surface area contributed by atoms with Crippen LogP contribution in [-0.4, -0.2) is 28.3 Å². The number of nitrogens with one attached hydrogen (secondary N) is 1. The number of halogens is 2. The molecule has 0 radical (unpaired) electrons. The molecule has 0 amide bonds. The van der Waals surface area contributed by atoms with Gasteiger partial charge >= 0.3 is 0 Å². The predicted molar refractivity (Wildman–Crippen MR) is 131 cm³/mol. The molecular weight excluding hydrogens is 458 g/mol. The second-order valence-electron chi connectivity index (χ2n) is 6.88. The molecule has 0 atom stereocenters. The summed E-state index contributed by atoms with van der Waals surface area (Å²) in [6.45, 7) is 5.62. The summed E-state index contributed by atoms with van der Waals surface area (Å²) in [5.41, 5.74) is 14.8. The summed E-state index contributed by atoms with van der Waals surface area (Å²) in [7, 11) is 0. The average molecular weight is 485 g/mol. The van der Waals surface area contributed by atoms with Crippen LogP contribution in [0.3, 0.4) is 0 Å². The van der Waals surface area contributed by atoms with Gasteiger partial charge in [-0.25, -0.2) is 8.78 Å². The summed E-state index contributed by atoms with van der Waals surface area (Å²) in [5.74, 6) is 0.125. The zero-order chi connectivity index (χ0) is 26.4. The molecule has 2 aromatic heterocycles. The van der Waals surface area contributed by atoms with Gasteiger partial charge in [0.1, 0.15) is 29.9 Å². The van der Waals surface area contributed by atoms with Crippen LogP contribution in [0.25, 0.3) is 11.4 Å². The highest BCUT2D eigenvalue weighted by atomic mass is 19.1. The molecule has 4 aromatic rings. The molecule has 0 aliphatic carbocycles. The molecule has 0 aliphatic rings. The van der Waals surface area contributed by atoms with Gasteiger partial charge in [-0.2, -0.15) is 0 Å². The van der Waals surface area contributed by atoms with Crippen molar-refractivity contribution in [2.24, 2.45) is 0 Å². The molecule has 4 rings (SSSR count). The Hall–Kier alpha value is -4.73. The number of carbonyl (C=O) groups is 2. The molecule has 2 aromatic carbocycles. The van der Waals surface area contributed by atoms with Crippen molar-refractivity contribution in [1.82, 2.24) is 9.97 Å². The van der Waals surface area contributed by atoms with Gasteiger partial charge in [-0.3, -0.25) is 9.78 Å². The van der Waals surface area contributed by atoms with Crippen molar-refractivity contribution < 1.29 is 28.2 Å². The van der Waals surface area contributed by atoms with E-state index in [0.717, 1.165) is 22.5 Å². The molecule has 0 bridgehead atoms. The summed E-state index contributed by atoms with van der Waals surface area (Å²) >= 11 is 0. The zero-order valence-electron chi connectivity index (χ0n) is 19.2. The molecule has 0 aliphatic heterocycles. The number of carbonyl (C=O) groups excluding carboxylic acids is 1. The normalized spacial score (nSPS) is 9.26. The standard InChI is InChI=1S/C16H14FN3O.C7H8FN.CH2O2.CH2O/c1-10-6-15(20-9-10)16-8-12(4-5-19-16)21-11-2-3-14(18)13(17)7-11;1-5-2-3-6(8)7(9)4-5;2-1-3;1-2/h2-9,20H,18H2,1H3;2-4H,9H2,1H3;1H,(H,2,3);1H2. The maximum Gasteiger partial charge on any atom is 0.290 e. The van der Waals surface area contributed by atoms with E-state index in [2.05, 4.69) is 9.97 Å². The number of nitrogens with zero attached hydrogens (tertiary/aromatic N) is 1. The highest BCUT2D eigenvalue weighted by molar-refractivity contribution is 5.57. The number of benzene rings is 2. The number of carboxylic acid groups (broad SMARTS) is 1. The van der Waals surface area contributed by atoms with E-state index in [9.17, 15) is 8.78 Å². The first-order valence-corrected chi connectivity index (χ1v) is 9.96. The molecule has 8 nitrogen and oxygen atoms in total. The molecule has 6 N–H and O–H groups in total. The minimum atomic E-state index is -0.498. The summed E-state index contributed by atoms with van der Waals surface area (Å²) in [6, 6.07) is 14.5. The lowest BCUT2D eigenvalue weighted by molar-refractivity contribution is -0.122. The van der Waals surface area contributed by atoms with Crippen LogP contribution in [0.4, 0.5) is 20.2 Å². The van der Waals surface area contributed by atoms with Crippen molar-refractivity contribution in [1.29, 1.82) is 0 Å². The molecule has 2 heterocycles. The molecule has 0 spiro atoms. The SMILES string of the molecule is C=O.Cc1c[nH]c(-c2cc(Oc3ccc(N)c(F)c3)ccn2)c1.Cc1ccc(F)c(N)c1.O=CO. The van der Waals surface area contributed by atoms with E-state index in [1.54, 1.807) is 36.5 Å². The number of aryl methyl sites for hydroxylation is 2. The third kappa shape index (κ3) is 9.34. The third-order valence-electron chi connectivity index (χ3n) is 4.19. The van der Waals surface area contributed by atoms with Gasteiger partial charge in [0, 0.05) is 24.5 Å². The number of aromatic amines is 1. The lowest BCUT2D eigenvalue weighted by atomic mass is 10.2. The van der Waals surface area contributed by atoms with Gasteiger partial charge in [-0.1, -0.05) is 6.07 Å². The molecular formula is C25H26F2N4O4. The van der Waals surface area contributed by atoms with Crippen molar-refractivity contribution in [3.8, 4) is 22.9 Å². The van der Waals surface area contributed by atoms with Crippen molar-refractivity contribution in [3.63, 3.8) is 0 Å². The number of rotatable bonds is 3. The molecule has 0 fully saturated rings. The zero-order valence-corrected chi connectivity index (χ0v) is 19.2. The average Bonchev–Trinajstić information content (AvgIpc) is 3.28. The summed E-state index contributed by atoms with van der Waals surface area (Å²) < 4.78 is 31.4. The first-order chi connectivity index (χ1) is 16.7. The Morgan fingerprint density at radius 3 is 2.11 bits per heavy atom. The molecule has 10 heteroatoms. The van der Waals surface area contributed by atoms with Crippen molar-refractivity contribution in [2.45, 2.75) is 13.8 Å². The van der Waals surface area contributed by atoms with Gasteiger partial charge in [-0.15, -0.1) is 0 Å². The van der Waals surface area contributed by atoms with E-state index in [1.165, 1.54) is 18.2 Å². The number of nitrogens with two attached hydrogens (primary N) is 2. The van der Waals surface area contributed by atoms with Crippen LogP contribution in [0.2, 0.25) is 0 Å². The molecule has 0 saturated heterocycles. The second-order valence-corrected chi connectivity index (χ2v) is 6.88. The molecule has 0 saturated carbocycles. The summed E-state index contributed by atoms with van der Waals surface area (Å²) in [5, 5.41) is 6.89. The number of nitrogen functional groups attached to an aromatic ring is 2. The largest absolute Gasteiger partial charge is 0.483 e. The molecule has 35 heavy (non-hydrogen) atoms. The van der Waals surface area contributed by atoms with E-state index in [-0.39, 0.29) is 23.7 Å². The van der Waals surface area contributed by atoms with Gasteiger partial charge in [-0.05, 0) is 61.4 Å². The lowest BCUT2D eigenvalue weighted by Gasteiger charge is -2.07. The second kappa shape index (κ2) is 14.4. The van der Waals surface area contributed by atoms with E-state index >= 15 is 0 Å². The fourth-order valence-electron chi connectivity index (χ4n) is 2.64. The van der Waals surface area contributed by atoms with E-state index in [4.69, 9.17) is 30.9 Å². The first-order valence-electron chi connectivity index (χ1n) is 9.96. The monoisotopic (exact) mass is 484 g/mol. The molecule has 184 valence electrons. The van der Waals surface area contributed by atoms with Gasteiger partial charge in [0.2, 0.25) is 0 Å². The van der Waals surface area contributed by atoms with Gasteiger partial charge < -0.3 is 31.1 Å². The fraction of sp³-hybridized carbons (Fsp3) is 0.0800. The van der Waals surface area contributed by atoms with Crippen LogP contribution in [0, 0.1) is 25.5 Å². The number of hydrogen-bond donors (Lipinski definition) is 4. The number of H-pyrrole nitrogens is 1. The quantitative estimate of drug-likeness (QED) is 0.233. The Balaban J connectivity index is 0.000000364. The number of hydrogen-bond acceptors (Lipinski definition) is 6. The van der Waals surface area contributed by atoms with E-state index in [1.807, 2.05) is 32.9 Å². The van der Waals surface area contributed by atoms with Crippen molar-refractivity contribution in [2.75, 3.05) is 11.5 Å². The van der Waals surface area contributed by atoms with Crippen molar-refractivity contribution in [3.05, 3.63) is 89.8 Å². The summed E-state index contributed by atoms with van der Waals surface area (Å²) in [6.07, 6.45) is 3.55. The maximum absolute atomic E-state index is 13.4. The van der Waals surface area contributed by atoms with Gasteiger partial charge in [0.25, 0.3) is 6.47 Å². The lowest BCUT2D eigenvalue weighted by Crippen LogP contribution is -1.92. The number of anilines is 2. The van der Waals surface area contributed by atoms with Gasteiger partial charge in [0.15, 0.2) is 0 Å². The van der Waals surface area contributed by atoms with Crippen LogP contribution in [0.5, 0.6) is 11.5 Å².